The van der Waals surface area contributed by atoms with Crippen LogP contribution in [-0.2, 0) is 32.0 Å². The molecule has 1 fully saturated rings. The van der Waals surface area contributed by atoms with Crippen LogP contribution < -0.4 is 21.1 Å². The normalized spacial score (nSPS) is 20.5. The van der Waals surface area contributed by atoms with Crippen molar-refractivity contribution in [1.82, 2.24) is 15.5 Å². The Bertz CT molecular complexity index is 829. The van der Waals surface area contributed by atoms with Gasteiger partial charge < -0.3 is 40.2 Å². The largest absolute Gasteiger partial charge is 0.497 e. The highest BCUT2D eigenvalue weighted by atomic mass is 32.2. The Balaban J connectivity index is 1.55. The highest BCUT2D eigenvalue weighted by molar-refractivity contribution is 8.01. The molecular weight excluding hydrogens is 472 g/mol. The average Bonchev–Trinajstić information content (AvgIpc) is 2.87. The molecule has 11 heteroatoms. The predicted molar refractivity (Wildman–Crippen MR) is 134 cm³/mol. The number of nitrogens with one attached hydrogen (secondary N) is 2. The van der Waals surface area contributed by atoms with Crippen LogP contribution >= 0.6 is 11.8 Å². The van der Waals surface area contributed by atoms with E-state index >= 15 is 0 Å². The van der Waals surface area contributed by atoms with Crippen LogP contribution in [0.2, 0.25) is 0 Å². The molecule has 0 spiro atoms. The van der Waals surface area contributed by atoms with Gasteiger partial charge in [-0.25, -0.2) is 4.79 Å². The van der Waals surface area contributed by atoms with Crippen LogP contribution in [0.25, 0.3) is 0 Å². The van der Waals surface area contributed by atoms with E-state index in [1.165, 1.54) is 17.3 Å². The minimum Gasteiger partial charge on any atom is -0.497 e. The number of fused-ring (bicyclic) bond motifs is 1. The van der Waals surface area contributed by atoms with Crippen molar-refractivity contribution in [2.24, 2.45) is 11.7 Å². The fraction of sp³-hybridized carbons (Fsp3) is 0.667. The summed E-state index contributed by atoms with van der Waals surface area (Å²) in [7, 11) is 1.66. The zero-order chi connectivity index (χ0) is 25.0. The molecule has 2 aliphatic rings. The van der Waals surface area contributed by atoms with Crippen LogP contribution in [-0.4, -0.2) is 93.8 Å². The van der Waals surface area contributed by atoms with Gasteiger partial charge in [0.25, 0.3) is 0 Å². The summed E-state index contributed by atoms with van der Waals surface area (Å²) < 4.78 is 22.0. The van der Waals surface area contributed by atoms with Crippen molar-refractivity contribution in [3.05, 3.63) is 29.3 Å². The Labute approximate surface area is 211 Å². The summed E-state index contributed by atoms with van der Waals surface area (Å²) >= 11 is 1.46. The molecule has 2 aliphatic heterocycles. The smallest absolute Gasteiger partial charge is 0.315 e. The van der Waals surface area contributed by atoms with Crippen molar-refractivity contribution in [2.45, 2.75) is 30.5 Å². The summed E-state index contributed by atoms with van der Waals surface area (Å²) in [5, 5.41) is 5.14. The molecule has 35 heavy (non-hydrogen) atoms. The van der Waals surface area contributed by atoms with Gasteiger partial charge in [0.1, 0.15) is 11.0 Å². The number of methoxy groups -OCH3 is 1. The molecule has 0 bridgehead atoms. The number of rotatable bonds is 14. The van der Waals surface area contributed by atoms with Gasteiger partial charge in [0.05, 0.1) is 52.1 Å². The number of amides is 3. The first kappa shape index (κ1) is 27.5. The maximum Gasteiger partial charge on any atom is 0.315 e. The molecule has 10 nitrogen and oxygen atoms in total. The fourth-order valence-electron chi connectivity index (χ4n) is 3.96. The maximum atomic E-state index is 13.6. The van der Waals surface area contributed by atoms with Gasteiger partial charge in [-0.2, -0.15) is 0 Å². The lowest BCUT2D eigenvalue weighted by molar-refractivity contribution is -0.132. The van der Waals surface area contributed by atoms with Crippen LogP contribution in [0.3, 0.4) is 0 Å². The molecule has 2 unspecified atom stereocenters. The van der Waals surface area contributed by atoms with Gasteiger partial charge in [0.15, 0.2) is 0 Å². The summed E-state index contributed by atoms with van der Waals surface area (Å²) in [6, 6.07) is 5.78. The molecular formula is C24H38N4O6S. The van der Waals surface area contributed by atoms with Crippen molar-refractivity contribution in [3.63, 3.8) is 0 Å². The highest BCUT2D eigenvalue weighted by Gasteiger charge is 2.34. The maximum absolute atomic E-state index is 13.6. The molecule has 3 atom stereocenters. The summed E-state index contributed by atoms with van der Waals surface area (Å²) in [4.78, 5) is 27.3. The molecule has 2 heterocycles. The topological polar surface area (TPSA) is 124 Å². The monoisotopic (exact) mass is 510 g/mol. The molecule has 1 saturated heterocycles. The van der Waals surface area contributed by atoms with Crippen LogP contribution in [0.15, 0.2) is 18.2 Å². The van der Waals surface area contributed by atoms with Gasteiger partial charge >= 0.3 is 6.03 Å². The molecule has 3 amide bonds. The van der Waals surface area contributed by atoms with E-state index < -0.39 is 5.25 Å². The molecule has 0 aliphatic carbocycles. The standard InChI is InChI=1S/C24H38N4O6S/c1-17-14-26-24(30)27-22(17)35-21(16-34-12-11-33-10-9-32-8-6-25)23(29)28-7-5-18-13-20(31-2)4-3-19(18)15-28/h3-4,13,17,21-22H,5-12,14-16,25H2,1-2H3,(H2,26,27,30)/t17?,21-,22?/m1/s1. The summed E-state index contributed by atoms with van der Waals surface area (Å²) in [6.45, 7) is 6.81. The van der Waals surface area contributed by atoms with Gasteiger partial charge in [-0.1, -0.05) is 13.0 Å². The molecule has 0 radical (unpaired) electrons. The number of nitrogens with two attached hydrogens (primary N) is 1. The minimum absolute atomic E-state index is 0.0209. The van der Waals surface area contributed by atoms with E-state index in [0.29, 0.717) is 59.2 Å². The summed E-state index contributed by atoms with van der Waals surface area (Å²) in [6.07, 6.45) is 0.775. The van der Waals surface area contributed by atoms with Crippen molar-refractivity contribution in [2.75, 3.05) is 66.4 Å². The van der Waals surface area contributed by atoms with E-state index in [9.17, 15) is 9.59 Å². The Hall–Kier alpha value is -2.05. The van der Waals surface area contributed by atoms with E-state index in [1.54, 1.807) is 7.11 Å². The van der Waals surface area contributed by atoms with E-state index in [0.717, 1.165) is 17.7 Å². The number of carbonyl (C=O) groups is 2. The third kappa shape index (κ3) is 8.53. The lowest BCUT2D eigenvalue weighted by Crippen LogP contribution is -2.54. The zero-order valence-electron chi connectivity index (χ0n) is 20.6. The number of carbonyl (C=O) groups excluding carboxylic acids is 2. The number of hydrogen-bond acceptors (Lipinski definition) is 8. The van der Waals surface area contributed by atoms with Crippen molar-refractivity contribution >= 4 is 23.7 Å². The molecule has 1 aromatic carbocycles. The Kier molecular flexibility index (Phi) is 11.4. The fourth-order valence-corrected chi connectivity index (χ4v) is 5.29. The van der Waals surface area contributed by atoms with E-state index in [1.807, 2.05) is 23.1 Å². The quantitative estimate of drug-likeness (QED) is 0.316. The third-order valence-electron chi connectivity index (χ3n) is 5.97. The average molecular weight is 511 g/mol. The molecule has 0 saturated carbocycles. The highest BCUT2D eigenvalue weighted by Crippen LogP contribution is 2.29. The first-order valence-corrected chi connectivity index (χ1v) is 13.0. The lowest BCUT2D eigenvalue weighted by atomic mass is 9.99. The van der Waals surface area contributed by atoms with E-state index in [2.05, 4.69) is 17.6 Å². The second-order valence-electron chi connectivity index (χ2n) is 8.61. The summed E-state index contributed by atoms with van der Waals surface area (Å²) in [5.74, 6) is 1.03. The second-order valence-corrected chi connectivity index (χ2v) is 9.96. The molecule has 196 valence electrons. The predicted octanol–water partition coefficient (Wildman–Crippen LogP) is 0.965. The van der Waals surface area contributed by atoms with Gasteiger partial charge in [-0.15, -0.1) is 11.8 Å². The van der Waals surface area contributed by atoms with Crippen LogP contribution in [0.4, 0.5) is 4.79 Å². The third-order valence-corrected chi connectivity index (χ3v) is 7.52. The minimum atomic E-state index is -0.437. The van der Waals surface area contributed by atoms with Crippen molar-refractivity contribution in [3.8, 4) is 5.75 Å². The van der Waals surface area contributed by atoms with Gasteiger partial charge in [0.2, 0.25) is 5.91 Å². The molecule has 1 aromatic rings. The van der Waals surface area contributed by atoms with Gasteiger partial charge in [-0.3, -0.25) is 4.79 Å². The second kappa shape index (κ2) is 14.5. The summed E-state index contributed by atoms with van der Waals surface area (Å²) in [5.41, 5.74) is 7.72. The number of urea groups is 1. The van der Waals surface area contributed by atoms with Crippen molar-refractivity contribution < 1.29 is 28.5 Å². The zero-order valence-corrected chi connectivity index (χ0v) is 21.4. The van der Waals surface area contributed by atoms with E-state index in [4.69, 9.17) is 24.7 Å². The van der Waals surface area contributed by atoms with Crippen LogP contribution in [0, 0.1) is 5.92 Å². The number of ether oxygens (including phenoxy) is 4. The molecule has 0 aromatic heterocycles. The van der Waals surface area contributed by atoms with Crippen molar-refractivity contribution in [1.29, 1.82) is 0 Å². The van der Waals surface area contributed by atoms with Gasteiger partial charge in [-0.05, 0) is 29.7 Å². The molecule has 4 N–H and O–H groups in total. The van der Waals surface area contributed by atoms with Crippen LogP contribution in [0.5, 0.6) is 5.75 Å². The number of hydrogen-bond donors (Lipinski definition) is 3. The van der Waals surface area contributed by atoms with Gasteiger partial charge in [0, 0.05) is 32.1 Å². The Morgan fingerprint density at radius 1 is 1.17 bits per heavy atom. The lowest BCUT2D eigenvalue weighted by Gasteiger charge is -2.35. The van der Waals surface area contributed by atoms with Crippen LogP contribution in [0.1, 0.15) is 18.1 Å². The SMILES string of the molecule is COc1ccc2c(c1)CCN(C(=O)[C@@H](COCCOCCOCCN)SC1NC(=O)NCC1C)C2. The number of nitrogens with zero attached hydrogens (tertiary/aromatic N) is 1. The van der Waals surface area contributed by atoms with E-state index in [-0.39, 0.29) is 29.8 Å². The number of benzene rings is 1. The number of thioether (sulfide) groups is 1. The Morgan fingerprint density at radius 2 is 1.91 bits per heavy atom. The first-order chi connectivity index (χ1) is 17.0. The Morgan fingerprint density at radius 3 is 2.66 bits per heavy atom. The molecule has 3 rings (SSSR count). The first-order valence-electron chi connectivity index (χ1n) is 12.1.